The number of fused-ring (bicyclic) bond motifs is 1. The zero-order chi connectivity index (χ0) is 15.4. The molecule has 0 unspecified atom stereocenters. The second-order valence-electron chi connectivity index (χ2n) is 4.98. The first kappa shape index (κ1) is 14.3. The van der Waals surface area contributed by atoms with E-state index < -0.39 is 0 Å². The molecular formula is C19H19N3. The van der Waals surface area contributed by atoms with Gasteiger partial charge in [-0.2, -0.15) is 0 Å². The van der Waals surface area contributed by atoms with E-state index in [0.717, 1.165) is 28.1 Å². The summed E-state index contributed by atoms with van der Waals surface area (Å²) in [5.74, 6) is 0.930. The van der Waals surface area contributed by atoms with Crippen molar-refractivity contribution in [3.8, 4) is 5.69 Å². The molecular weight excluding hydrogens is 270 g/mol. The van der Waals surface area contributed by atoms with Crippen molar-refractivity contribution in [3.63, 3.8) is 0 Å². The third-order valence-corrected chi connectivity index (χ3v) is 3.58. The molecule has 0 saturated carbocycles. The number of imidazole rings is 1. The first-order chi connectivity index (χ1) is 10.8. The van der Waals surface area contributed by atoms with Gasteiger partial charge in [0, 0.05) is 17.8 Å². The molecule has 22 heavy (non-hydrogen) atoms. The van der Waals surface area contributed by atoms with Crippen molar-refractivity contribution < 1.29 is 0 Å². The highest BCUT2D eigenvalue weighted by molar-refractivity contribution is 5.84. The highest BCUT2D eigenvalue weighted by Crippen LogP contribution is 2.26. The lowest BCUT2D eigenvalue weighted by atomic mass is 10.2. The van der Waals surface area contributed by atoms with Crippen LogP contribution in [0.25, 0.3) is 22.3 Å². The van der Waals surface area contributed by atoms with Crippen molar-refractivity contribution in [2.45, 2.75) is 6.92 Å². The van der Waals surface area contributed by atoms with Gasteiger partial charge in [0.05, 0.1) is 11.0 Å². The Morgan fingerprint density at radius 3 is 2.55 bits per heavy atom. The molecule has 110 valence electrons. The van der Waals surface area contributed by atoms with E-state index in [1.807, 2.05) is 55.5 Å². The standard InChI is InChI=1S/C19H19N3/c1-2-15(9-8-14-20)19-21-17-12-6-7-13-18(17)22(19)16-10-4-3-5-11-16/h2-13H,14,20H2,1H3/b9-8-,15-2+. The van der Waals surface area contributed by atoms with Crippen LogP contribution in [0.1, 0.15) is 12.7 Å². The molecule has 3 rings (SSSR count). The van der Waals surface area contributed by atoms with Gasteiger partial charge in [-0.25, -0.2) is 4.98 Å². The first-order valence-corrected chi connectivity index (χ1v) is 7.41. The van der Waals surface area contributed by atoms with Crippen LogP contribution in [0.3, 0.4) is 0 Å². The summed E-state index contributed by atoms with van der Waals surface area (Å²) in [5.41, 5.74) is 9.85. The number of para-hydroxylation sites is 3. The maximum atomic E-state index is 5.59. The zero-order valence-electron chi connectivity index (χ0n) is 12.6. The maximum absolute atomic E-state index is 5.59. The molecule has 0 aliphatic carbocycles. The summed E-state index contributed by atoms with van der Waals surface area (Å²) < 4.78 is 2.19. The van der Waals surface area contributed by atoms with Crippen LogP contribution in [0.15, 0.2) is 72.8 Å². The van der Waals surface area contributed by atoms with E-state index >= 15 is 0 Å². The smallest absolute Gasteiger partial charge is 0.145 e. The van der Waals surface area contributed by atoms with Gasteiger partial charge in [-0.3, -0.25) is 4.57 Å². The quantitative estimate of drug-likeness (QED) is 0.739. The van der Waals surface area contributed by atoms with E-state index in [1.54, 1.807) is 0 Å². The maximum Gasteiger partial charge on any atom is 0.145 e. The van der Waals surface area contributed by atoms with Gasteiger partial charge in [0.2, 0.25) is 0 Å². The fourth-order valence-corrected chi connectivity index (χ4v) is 2.55. The Morgan fingerprint density at radius 2 is 1.82 bits per heavy atom. The van der Waals surface area contributed by atoms with E-state index in [0.29, 0.717) is 6.54 Å². The van der Waals surface area contributed by atoms with Gasteiger partial charge in [-0.05, 0) is 31.2 Å². The van der Waals surface area contributed by atoms with Gasteiger partial charge in [-0.15, -0.1) is 0 Å². The van der Waals surface area contributed by atoms with Crippen LogP contribution in [-0.2, 0) is 0 Å². The Balaban J connectivity index is 2.28. The molecule has 0 aliphatic heterocycles. The zero-order valence-corrected chi connectivity index (χ0v) is 12.6. The van der Waals surface area contributed by atoms with E-state index in [1.165, 1.54) is 0 Å². The fourth-order valence-electron chi connectivity index (χ4n) is 2.55. The molecule has 0 fully saturated rings. The van der Waals surface area contributed by atoms with Crippen LogP contribution in [0.5, 0.6) is 0 Å². The minimum absolute atomic E-state index is 0.517. The lowest BCUT2D eigenvalue weighted by Crippen LogP contribution is -2.00. The second-order valence-corrected chi connectivity index (χ2v) is 4.98. The van der Waals surface area contributed by atoms with Crippen molar-refractivity contribution in [2.75, 3.05) is 6.54 Å². The average molecular weight is 289 g/mol. The largest absolute Gasteiger partial charge is 0.327 e. The summed E-state index contributed by atoms with van der Waals surface area (Å²) >= 11 is 0. The van der Waals surface area contributed by atoms with E-state index in [9.17, 15) is 0 Å². The molecule has 0 atom stereocenters. The van der Waals surface area contributed by atoms with Crippen molar-refractivity contribution >= 4 is 16.6 Å². The number of hydrogen-bond acceptors (Lipinski definition) is 2. The van der Waals surface area contributed by atoms with Crippen LogP contribution in [0.2, 0.25) is 0 Å². The molecule has 0 saturated heterocycles. The van der Waals surface area contributed by atoms with Crippen molar-refractivity contribution in [1.82, 2.24) is 9.55 Å². The van der Waals surface area contributed by atoms with Gasteiger partial charge in [0.1, 0.15) is 5.82 Å². The molecule has 3 nitrogen and oxygen atoms in total. The Bertz CT molecular complexity index is 826. The number of nitrogens with zero attached hydrogens (tertiary/aromatic N) is 2. The van der Waals surface area contributed by atoms with Gasteiger partial charge in [0.25, 0.3) is 0 Å². The van der Waals surface area contributed by atoms with Crippen LogP contribution >= 0.6 is 0 Å². The van der Waals surface area contributed by atoms with Gasteiger partial charge >= 0.3 is 0 Å². The SMILES string of the molecule is C/C=C(\C=C/CN)c1nc2ccccc2n1-c1ccccc1. The Hall–Kier alpha value is -2.65. The molecule has 3 heteroatoms. The second kappa shape index (κ2) is 6.41. The van der Waals surface area contributed by atoms with Crippen LogP contribution in [-0.4, -0.2) is 16.1 Å². The molecule has 0 spiro atoms. The van der Waals surface area contributed by atoms with Crippen LogP contribution in [0.4, 0.5) is 0 Å². The van der Waals surface area contributed by atoms with Crippen molar-refractivity contribution in [1.29, 1.82) is 0 Å². The predicted molar refractivity (Wildman–Crippen MR) is 92.9 cm³/mol. The highest BCUT2D eigenvalue weighted by atomic mass is 15.1. The third kappa shape index (κ3) is 2.59. The molecule has 0 bridgehead atoms. The Morgan fingerprint density at radius 1 is 1.09 bits per heavy atom. The monoisotopic (exact) mass is 289 g/mol. The highest BCUT2D eigenvalue weighted by Gasteiger charge is 2.13. The van der Waals surface area contributed by atoms with Crippen molar-refractivity contribution in [3.05, 3.63) is 78.6 Å². The summed E-state index contributed by atoms with van der Waals surface area (Å²) in [6.45, 7) is 2.54. The lowest BCUT2D eigenvalue weighted by molar-refractivity contribution is 1.06. The number of rotatable bonds is 4. The number of allylic oxidation sites excluding steroid dienone is 3. The van der Waals surface area contributed by atoms with Crippen LogP contribution < -0.4 is 5.73 Å². The summed E-state index contributed by atoms with van der Waals surface area (Å²) in [6, 6.07) is 18.5. The Kier molecular flexibility index (Phi) is 4.17. The molecule has 0 amide bonds. The van der Waals surface area contributed by atoms with E-state index in [4.69, 9.17) is 10.7 Å². The van der Waals surface area contributed by atoms with E-state index in [-0.39, 0.29) is 0 Å². The van der Waals surface area contributed by atoms with Crippen LogP contribution in [0, 0.1) is 0 Å². The summed E-state index contributed by atoms with van der Waals surface area (Å²) in [5, 5.41) is 0. The summed E-state index contributed by atoms with van der Waals surface area (Å²) in [4.78, 5) is 4.82. The molecule has 0 aliphatic rings. The lowest BCUT2D eigenvalue weighted by Gasteiger charge is -2.09. The molecule has 1 heterocycles. The van der Waals surface area contributed by atoms with Gasteiger partial charge in [-0.1, -0.05) is 48.6 Å². The molecule has 0 radical (unpaired) electrons. The first-order valence-electron chi connectivity index (χ1n) is 7.41. The number of nitrogens with two attached hydrogens (primary N) is 1. The summed E-state index contributed by atoms with van der Waals surface area (Å²) in [6.07, 6.45) is 6.04. The minimum atomic E-state index is 0.517. The Labute approximate surface area is 130 Å². The average Bonchev–Trinajstić information content (AvgIpc) is 2.95. The van der Waals surface area contributed by atoms with E-state index in [2.05, 4.69) is 28.8 Å². The number of hydrogen-bond donors (Lipinski definition) is 1. The fraction of sp³-hybridized carbons (Fsp3) is 0.105. The molecule has 2 aromatic carbocycles. The molecule has 3 aromatic rings. The third-order valence-electron chi connectivity index (χ3n) is 3.58. The number of benzene rings is 2. The number of aromatic nitrogens is 2. The molecule has 1 aromatic heterocycles. The summed E-state index contributed by atoms with van der Waals surface area (Å²) in [7, 11) is 0. The topological polar surface area (TPSA) is 43.8 Å². The van der Waals surface area contributed by atoms with Gasteiger partial charge < -0.3 is 5.73 Å². The minimum Gasteiger partial charge on any atom is -0.327 e. The normalized spacial score (nSPS) is 12.4. The molecule has 2 N–H and O–H groups in total. The van der Waals surface area contributed by atoms with Crippen molar-refractivity contribution in [2.24, 2.45) is 5.73 Å². The predicted octanol–water partition coefficient (Wildman–Crippen LogP) is 3.94. The van der Waals surface area contributed by atoms with Gasteiger partial charge in [0.15, 0.2) is 0 Å².